The number of carbonyl (C=O) groups is 2. The Kier molecular flexibility index (Phi) is 5.11. The van der Waals surface area contributed by atoms with Gasteiger partial charge in [0, 0.05) is 36.7 Å². The van der Waals surface area contributed by atoms with Gasteiger partial charge in [0.25, 0.3) is 0 Å². The van der Waals surface area contributed by atoms with Crippen LogP contribution >= 0.6 is 0 Å². The van der Waals surface area contributed by atoms with E-state index >= 15 is 0 Å². The van der Waals surface area contributed by atoms with Crippen molar-refractivity contribution in [3.8, 4) is 0 Å². The van der Waals surface area contributed by atoms with Gasteiger partial charge in [-0.2, -0.15) is 0 Å². The van der Waals surface area contributed by atoms with Crippen LogP contribution in [0.3, 0.4) is 0 Å². The van der Waals surface area contributed by atoms with Crippen molar-refractivity contribution >= 4 is 11.8 Å². The summed E-state index contributed by atoms with van der Waals surface area (Å²) in [6.07, 6.45) is 11.8. The van der Waals surface area contributed by atoms with Gasteiger partial charge in [0.2, 0.25) is 11.8 Å². The number of hydrogen-bond acceptors (Lipinski definition) is 3. The molecule has 1 N–H and O–H groups in total. The molecule has 0 aromatic rings. The van der Waals surface area contributed by atoms with Crippen LogP contribution in [0.25, 0.3) is 0 Å². The highest BCUT2D eigenvalue weighted by Gasteiger charge is 2.33. The van der Waals surface area contributed by atoms with E-state index < -0.39 is 0 Å². The van der Waals surface area contributed by atoms with Crippen LogP contribution in [0, 0.1) is 5.92 Å². The Balaban J connectivity index is 1.21. The first kappa shape index (κ1) is 17.1. The minimum absolute atomic E-state index is 0.216. The lowest BCUT2D eigenvalue weighted by molar-refractivity contribution is -0.130. The van der Waals surface area contributed by atoms with Crippen molar-refractivity contribution in [2.24, 2.45) is 5.92 Å². The molecule has 2 heterocycles. The zero-order valence-electron chi connectivity index (χ0n) is 15.2. The van der Waals surface area contributed by atoms with Crippen molar-refractivity contribution in [2.75, 3.05) is 26.2 Å². The van der Waals surface area contributed by atoms with Gasteiger partial charge >= 0.3 is 0 Å². The van der Waals surface area contributed by atoms with Gasteiger partial charge in [-0.15, -0.1) is 0 Å². The minimum atomic E-state index is 0.216. The highest BCUT2D eigenvalue weighted by atomic mass is 16.2. The van der Waals surface area contributed by atoms with E-state index in [2.05, 4.69) is 21.2 Å². The van der Waals surface area contributed by atoms with E-state index in [-0.39, 0.29) is 17.7 Å². The molecule has 4 aliphatic rings. The number of carbonyl (C=O) groups excluding carboxylic acids is 2. The maximum absolute atomic E-state index is 12.5. The molecule has 2 saturated heterocycles. The van der Waals surface area contributed by atoms with Gasteiger partial charge in [0.05, 0.1) is 0 Å². The fourth-order valence-corrected chi connectivity index (χ4v) is 4.58. The zero-order valence-corrected chi connectivity index (χ0v) is 15.2. The molecule has 2 amide bonds. The Bertz CT molecular complexity index is 539. The summed E-state index contributed by atoms with van der Waals surface area (Å²) in [6, 6.07) is 1.07. The largest absolute Gasteiger partial charge is 0.353 e. The second-order valence-corrected chi connectivity index (χ2v) is 8.24. The number of likely N-dealkylation sites (tertiary alicyclic amines) is 2. The molecule has 0 bridgehead atoms. The molecule has 4 rings (SSSR count). The SMILES string of the molecule is O=C(NC1CC1)C1CCN(C2CCN(C(=O)C3=CCCC3)CC2)CC1. The summed E-state index contributed by atoms with van der Waals surface area (Å²) in [5.74, 6) is 0.784. The average molecular weight is 345 g/mol. The van der Waals surface area contributed by atoms with Gasteiger partial charge in [-0.1, -0.05) is 6.08 Å². The summed E-state index contributed by atoms with van der Waals surface area (Å²) in [7, 11) is 0. The average Bonchev–Trinajstić information content (AvgIpc) is 3.30. The van der Waals surface area contributed by atoms with Gasteiger partial charge in [-0.05, 0) is 70.9 Å². The molecule has 2 aliphatic carbocycles. The van der Waals surface area contributed by atoms with E-state index in [1.54, 1.807) is 0 Å². The molecule has 2 aliphatic heterocycles. The molecule has 5 nitrogen and oxygen atoms in total. The number of piperidine rings is 2. The molecule has 0 unspecified atom stereocenters. The van der Waals surface area contributed by atoms with Crippen LogP contribution in [-0.2, 0) is 9.59 Å². The van der Waals surface area contributed by atoms with Gasteiger partial charge in [0.15, 0.2) is 0 Å². The molecule has 0 aromatic heterocycles. The Labute approximate surface area is 150 Å². The smallest absolute Gasteiger partial charge is 0.249 e. The number of hydrogen-bond donors (Lipinski definition) is 1. The van der Waals surface area contributed by atoms with Crippen LogP contribution in [0.15, 0.2) is 11.6 Å². The summed E-state index contributed by atoms with van der Waals surface area (Å²) < 4.78 is 0. The third kappa shape index (κ3) is 4.08. The van der Waals surface area contributed by atoms with Crippen molar-refractivity contribution in [3.63, 3.8) is 0 Å². The molecule has 3 fully saturated rings. The first-order valence-electron chi connectivity index (χ1n) is 10.2. The highest BCUT2D eigenvalue weighted by molar-refractivity contribution is 5.93. The fraction of sp³-hybridized carbons (Fsp3) is 0.800. The predicted octanol–water partition coefficient (Wildman–Crippen LogP) is 2.08. The van der Waals surface area contributed by atoms with Gasteiger partial charge in [-0.25, -0.2) is 0 Å². The van der Waals surface area contributed by atoms with Crippen LogP contribution < -0.4 is 5.32 Å². The fourth-order valence-electron chi connectivity index (χ4n) is 4.58. The lowest BCUT2D eigenvalue weighted by Crippen LogP contribution is -2.50. The number of allylic oxidation sites excluding steroid dienone is 1. The first-order chi connectivity index (χ1) is 12.2. The normalized spacial score (nSPS) is 26.6. The maximum atomic E-state index is 12.5. The Morgan fingerprint density at radius 3 is 2.28 bits per heavy atom. The van der Waals surface area contributed by atoms with Crippen molar-refractivity contribution in [3.05, 3.63) is 11.6 Å². The second-order valence-electron chi connectivity index (χ2n) is 8.24. The summed E-state index contributed by atoms with van der Waals surface area (Å²) in [6.45, 7) is 3.85. The van der Waals surface area contributed by atoms with Crippen LogP contribution in [0.4, 0.5) is 0 Å². The van der Waals surface area contributed by atoms with E-state index in [0.29, 0.717) is 12.1 Å². The molecule has 138 valence electrons. The van der Waals surface area contributed by atoms with E-state index in [1.165, 1.54) is 12.8 Å². The third-order valence-electron chi connectivity index (χ3n) is 6.41. The highest BCUT2D eigenvalue weighted by Crippen LogP contribution is 2.27. The molecule has 5 heteroatoms. The van der Waals surface area contributed by atoms with E-state index in [1.807, 2.05) is 0 Å². The number of amides is 2. The standard InChI is InChI=1S/C20H31N3O2/c24-19(21-17-5-6-17)15-7-11-22(12-8-15)18-9-13-23(14-10-18)20(25)16-3-1-2-4-16/h3,15,17-18H,1-2,4-14H2,(H,21,24). The monoisotopic (exact) mass is 345 g/mol. The van der Waals surface area contributed by atoms with Crippen LogP contribution in [-0.4, -0.2) is 59.9 Å². The van der Waals surface area contributed by atoms with Gasteiger partial charge < -0.3 is 15.1 Å². The summed E-state index contributed by atoms with van der Waals surface area (Å²) in [5.41, 5.74) is 1.04. The van der Waals surface area contributed by atoms with Crippen molar-refractivity contribution < 1.29 is 9.59 Å². The summed E-state index contributed by atoms with van der Waals surface area (Å²) in [4.78, 5) is 29.3. The molecule has 0 spiro atoms. The minimum Gasteiger partial charge on any atom is -0.353 e. The van der Waals surface area contributed by atoms with Gasteiger partial charge in [-0.3, -0.25) is 9.59 Å². The van der Waals surface area contributed by atoms with E-state index in [0.717, 1.165) is 76.7 Å². The van der Waals surface area contributed by atoms with Crippen LogP contribution in [0.1, 0.15) is 57.8 Å². The molecular formula is C20H31N3O2. The predicted molar refractivity (Wildman–Crippen MR) is 97.0 cm³/mol. The third-order valence-corrected chi connectivity index (χ3v) is 6.41. The lowest BCUT2D eigenvalue weighted by Gasteiger charge is -2.41. The zero-order chi connectivity index (χ0) is 17.2. The molecule has 0 radical (unpaired) electrons. The van der Waals surface area contributed by atoms with E-state index in [9.17, 15) is 9.59 Å². The number of nitrogens with one attached hydrogen (secondary N) is 1. The van der Waals surface area contributed by atoms with Gasteiger partial charge in [0.1, 0.15) is 0 Å². The summed E-state index contributed by atoms with van der Waals surface area (Å²) in [5, 5.41) is 3.16. The van der Waals surface area contributed by atoms with Crippen molar-refractivity contribution in [2.45, 2.75) is 69.9 Å². The quantitative estimate of drug-likeness (QED) is 0.849. The van der Waals surface area contributed by atoms with Crippen LogP contribution in [0.2, 0.25) is 0 Å². The molecular weight excluding hydrogens is 314 g/mol. The molecule has 25 heavy (non-hydrogen) atoms. The Morgan fingerprint density at radius 2 is 1.68 bits per heavy atom. The lowest BCUT2D eigenvalue weighted by atomic mass is 9.92. The van der Waals surface area contributed by atoms with Crippen molar-refractivity contribution in [1.82, 2.24) is 15.1 Å². The molecule has 1 saturated carbocycles. The van der Waals surface area contributed by atoms with Crippen molar-refractivity contribution in [1.29, 1.82) is 0 Å². The molecule has 0 aromatic carbocycles. The molecule has 0 atom stereocenters. The Morgan fingerprint density at radius 1 is 0.960 bits per heavy atom. The Hall–Kier alpha value is -1.36. The summed E-state index contributed by atoms with van der Waals surface area (Å²) >= 11 is 0. The first-order valence-corrected chi connectivity index (χ1v) is 10.2. The maximum Gasteiger partial charge on any atom is 0.249 e. The second kappa shape index (κ2) is 7.48. The van der Waals surface area contributed by atoms with Crippen LogP contribution in [0.5, 0.6) is 0 Å². The number of rotatable bonds is 4. The topological polar surface area (TPSA) is 52.7 Å². The number of nitrogens with zero attached hydrogens (tertiary/aromatic N) is 2. The van der Waals surface area contributed by atoms with E-state index in [4.69, 9.17) is 0 Å².